The summed E-state index contributed by atoms with van der Waals surface area (Å²) in [5.41, 5.74) is 1.29. The molecule has 1 aromatic carbocycles. The van der Waals surface area contributed by atoms with Crippen molar-refractivity contribution in [2.75, 3.05) is 6.54 Å². The van der Waals surface area contributed by atoms with Gasteiger partial charge in [-0.25, -0.2) is 0 Å². The number of hydrogen-bond donors (Lipinski definition) is 1. The van der Waals surface area contributed by atoms with Gasteiger partial charge in [0.2, 0.25) is 0 Å². The lowest BCUT2D eigenvalue weighted by Gasteiger charge is -2.21. The highest BCUT2D eigenvalue weighted by Gasteiger charge is 2.11. The largest absolute Gasteiger partial charge is 0.314 e. The number of benzene rings is 1. The fourth-order valence-electron chi connectivity index (χ4n) is 2.55. The van der Waals surface area contributed by atoms with E-state index in [1.54, 1.807) is 0 Å². The van der Waals surface area contributed by atoms with Gasteiger partial charge in [0, 0.05) is 11.1 Å². The van der Waals surface area contributed by atoms with Crippen LogP contribution in [-0.4, -0.2) is 12.6 Å². The molecule has 1 aromatic rings. The molecule has 0 aromatic heterocycles. The van der Waals surface area contributed by atoms with E-state index < -0.39 is 0 Å². The van der Waals surface area contributed by atoms with Gasteiger partial charge in [-0.2, -0.15) is 0 Å². The Labute approximate surface area is 110 Å². The second kappa shape index (κ2) is 7.03. The van der Waals surface area contributed by atoms with E-state index >= 15 is 0 Å². The van der Waals surface area contributed by atoms with Gasteiger partial charge in [-0.05, 0) is 43.9 Å². The molecule has 17 heavy (non-hydrogen) atoms. The maximum atomic E-state index is 6.18. The lowest BCUT2D eigenvalue weighted by atomic mass is 9.98. The third kappa shape index (κ3) is 4.33. The highest BCUT2D eigenvalue weighted by molar-refractivity contribution is 6.31. The van der Waals surface area contributed by atoms with Crippen LogP contribution in [0.25, 0.3) is 0 Å². The van der Waals surface area contributed by atoms with Crippen LogP contribution in [0.4, 0.5) is 0 Å². The Hall–Kier alpha value is -0.530. The Balaban J connectivity index is 1.82. The van der Waals surface area contributed by atoms with Gasteiger partial charge >= 0.3 is 0 Å². The summed E-state index contributed by atoms with van der Waals surface area (Å²) >= 11 is 6.18. The predicted molar refractivity (Wildman–Crippen MR) is 74.6 cm³/mol. The first-order valence-corrected chi connectivity index (χ1v) is 7.21. The number of aryl methyl sites for hydroxylation is 1. The zero-order chi connectivity index (χ0) is 11.9. The Bertz CT molecular complexity index is 329. The average Bonchev–Trinajstić information content (AvgIpc) is 2.29. The monoisotopic (exact) mass is 251 g/mol. The van der Waals surface area contributed by atoms with Crippen molar-refractivity contribution < 1.29 is 0 Å². The molecule has 1 saturated heterocycles. The second-order valence-corrected chi connectivity index (χ2v) is 5.39. The van der Waals surface area contributed by atoms with Crippen molar-refractivity contribution in [1.82, 2.24) is 5.32 Å². The summed E-state index contributed by atoms with van der Waals surface area (Å²) in [4.78, 5) is 0. The molecule has 2 heteroatoms. The summed E-state index contributed by atoms with van der Waals surface area (Å²) < 4.78 is 0. The first-order chi connectivity index (χ1) is 8.36. The molecule has 1 aliphatic heterocycles. The Morgan fingerprint density at radius 2 is 1.94 bits per heavy atom. The molecule has 1 aliphatic rings. The molecule has 1 fully saturated rings. The summed E-state index contributed by atoms with van der Waals surface area (Å²) in [6, 6.07) is 8.90. The molecule has 1 atom stereocenters. The first-order valence-electron chi connectivity index (χ1n) is 6.83. The molecule has 1 nitrogen and oxygen atoms in total. The zero-order valence-corrected chi connectivity index (χ0v) is 11.2. The molecule has 94 valence electrons. The standard InChI is InChI=1S/C15H22ClN/c16-15-9-5-4-7-13(15)10-11-14-8-3-1-2-6-12-17-14/h4-5,7,9,14,17H,1-3,6,8,10-12H2. The summed E-state index contributed by atoms with van der Waals surface area (Å²) in [6.45, 7) is 1.19. The zero-order valence-electron chi connectivity index (χ0n) is 10.4. The van der Waals surface area contributed by atoms with Crippen LogP contribution in [0.2, 0.25) is 5.02 Å². The lowest BCUT2D eigenvalue weighted by Crippen LogP contribution is -2.31. The number of hydrogen-bond acceptors (Lipinski definition) is 1. The molecular formula is C15H22ClN. The van der Waals surface area contributed by atoms with Crippen molar-refractivity contribution in [2.24, 2.45) is 0 Å². The maximum absolute atomic E-state index is 6.18. The molecule has 0 saturated carbocycles. The molecule has 1 unspecified atom stereocenters. The molecule has 0 bridgehead atoms. The van der Waals surface area contributed by atoms with Crippen molar-refractivity contribution >= 4 is 11.6 Å². The fraction of sp³-hybridized carbons (Fsp3) is 0.600. The highest BCUT2D eigenvalue weighted by Crippen LogP contribution is 2.19. The van der Waals surface area contributed by atoms with Crippen molar-refractivity contribution in [3.8, 4) is 0 Å². The molecule has 2 rings (SSSR count). The van der Waals surface area contributed by atoms with Gasteiger partial charge in [0.05, 0.1) is 0 Å². The topological polar surface area (TPSA) is 12.0 Å². The van der Waals surface area contributed by atoms with Crippen LogP contribution in [0.3, 0.4) is 0 Å². The van der Waals surface area contributed by atoms with E-state index in [4.69, 9.17) is 11.6 Å². The number of rotatable bonds is 3. The van der Waals surface area contributed by atoms with E-state index in [-0.39, 0.29) is 0 Å². The van der Waals surface area contributed by atoms with Crippen LogP contribution in [0.1, 0.15) is 44.1 Å². The Kier molecular flexibility index (Phi) is 5.34. The highest BCUT2D eigenvalue weighted by atomic mass is 35.5. The lowest BCUT2D eigenvalue weighted by molar-refractivity contribution is 0.399. The van der Waals surface area contributed by atoms with E-state index in [2.05, 4.69) is 17.4 Å². The van der Waals surface area contributed by atoms with Crippen LogP contribution in [0.5, 0.6) is 0 Å². The van der Waals surface area contributed by atoms with Crippen molar-refractivity contribution in [1.29, 1.82) is 0 Å². The van der Waals surface area contributed by atoms with E-state index in [1.165, 1.54) is 50.6 Å². The predicted octanol–water partition coefficient (Wildman–Crippen LogP) is 4.19. The van der Waals surface area contributed by atoms with Crippen LogP contribution in [-0.2, 0) is 6.42 Å². The summed E-state index contributed by atoms with van der Waals surface area (Å²) in [5, 5.41) is 4.58. The molecule has 0 amide bonds. The molecule has 0 spiro atoms. The number of nitrogens with one attached hydrogen (secondary N) is 1. The van der Waals surface area contributed by atoms with Gasteiger partial charge in [-0.15, -0.1) is 0 Å². The molecular weight excluding hydrogens is 230 g/mol. The Morgan fingerprint density at radius 3 is 2.82 bits per heavy atom. The van der Waals surface area contributed by atoms with E-state index in [0.717, 1.165) is 11.4 Å². The van der Waals surface area contributed by atoms with Crippen LogP contribution < -0.4 is 5.32 Å². The quantitative estimate of drug-likeness (QED) is 0.849. The molecule has 0 radical (unpaired) electrons. The number of halogens is 1. The average molecular weight is 252 g/mol. The van der Waals surface area contributed by atoms with Crippen LogP contribution in [0, 0.1) is 0 Å². The van der Waals surface area contributed by atoms with Crippen LogP contribution >= 0.6 is 11.6 Å². The Morgan fingerprint density at radius 1 is 1.12 bits per heavy atom. The smallest absolute Gasteiger partial charge is 0.0437 e. The van der Waals surface area contributed by atoms with Crippen molar-refractivity contribution in [3.63, 3.8) is 0 Å². The summed E-state index contributed by atoms with van der Waals surface area (Å²) in [5.74, 6) is 0. The SMILES string of the molecule is Clc1ccccc1CCC1CCCCCCN1. The minimum atomic E-state index is 0.687. The first kappa shape index (κ1) is 12.9. The van der Waals surface area contributed by atoms with Gasteiger partial charge < -0.3 is 5.32 Å². The van der Waals surface area contributed by atoms with E-state index in [9.17, 15) is 0 Å². The summed E-state index contributed by atoms with van der Waals surface area (Å²) in [6.07, 6.45) is 9.14. The van der Waals surface area contributed by atoms with E-state index in [0.29, 0.717) is 6.04 Å². The van der Waals surface area contributed by atoms with Gasteiger partial charge in [0.1, 0.15) is 0 Å². The molecule has 1 heterocycles. The van der Waals surface area contributed by atoms with Crippen molar-refractivity contribution in [3.05, 3.63) is 34.9 Å². The fourth-order valence-corrected chi connectivity index (χ4v) is 2.79. The molecule has 1 N–H and O–H groups in total. The second-order valence-electron chi connectivity index (χ2n) is 4.98. The maximum Gasteiger partial charge on any atom is 0.0437 e. The van der Waals surface area contributed by atoms with Gasteiger partial charge in [-0.3, -0.25) is 0 Å². The summed E-state index contributed by atoms with van der Waals surface area (Å²) in [7, 11) is 0. The molecule has 0 aliphatic carbocycles. The third-order valence-electron chi connectivity index (χ3n) is 3.63. The normalized spacial score (nSPS) is 21.8. The van der Waals surface area contributed by atoms with Gasteiger partial charge in [0.15, 0.2) is 0 Å². The van der Waals surface area contributed by atoms with Gasteiger partial charge in [0.25, 0.3) is 0 Å². The third-order valence-corrected chi connectivity index (χ3v) is 4.00. The van der Waals surface area contributed by atoms with Crippen LogP contribution in [0.15, 0.2) is 24.3 Å². The van der Waals surface area contributed by atoms with E-state index in [1.807, 2.05) is 12.1 Å². The minimum Gasteiger partial charge on any atom is -0.314 e. The van der Waals surface area contributed by atoms with Crippen molar-refractivity contribution in [2.45, 2.75) is 51.0 Å². The van der Waals surface area contributed by atoms with Gasteiger partial charge in [-0.1, -0.05) is 49.1 Å². The minimum absolute atomic E-state index is 0.687.